The summed E-state index contributed by atoms with van der Waals surface area (Å²) in [6.07, 6.45) is 5.62. The minimum atomic E-state index is -0.806. The number of morpholine rings is 1. The van der Waals surface area contributed by atoms with E-state index in [-0.39, 0.29) is 36.1 Å². The quantitative estimate of drug-likeness (QED) is 0.302. The number of hydrogen-bond acceptors (Lipinski definition) is 8. The second-order valence-electron chi connectivity index (χ2n) is 12.3. The molecule has 2 aliphatic heterocycles. The Hall–Kier alpha value is -2.62. The Morgan fingerprint density at radius 3 is 2.34 bits per heavy atom. The molecule has 0 spiro atoms. The van der Waals surface area contributed by atoms with Gasteiger partial charge < -0.3 is 19.5 Å². The number of methoxy groups -OCH3 is 1. The highest BCUT2D eigenvalue weighted by Crippen LogP contribution is 2.37. The van der Waals surface area contributed by atoms with Gasteiger partial charge in [-0.3, -0.25) is 24.1 Å². The molecule has 3 fully saturated rings. The fraction of sp³-hybridized carbons (Fsp3) is 0.688. The highest BCUT2D eigenvalue weighted by Gasteiger charge is 2.50. The van der Waals surface area contributed by atoms with Crippen LogP contribution in [0.4, 0.5) is 0 Å². The number of benzene rings is 1. The first-order valence-corrected chi connectivity index (χ1v) is 15.1. The lowest BCUT2D eigenvalue weighted by Crippen LogP contribution is -2.46. The van der Waals surface area contributed by atoms with Crippen LogP contribution in [0.25, 0.3) is 0 Å². The van der Waals surface area contributed by atoms with Crippen LogP contribution in [0.1, 0.15) is 64.4 Å². The molecule has 9 nitrogen and oxygen atoms in total. The van der Waals surface area contributed by atoms with Gasteiger partial charge >= 0.3 is 0 Å². The Labute approximate surface area is 243 Å². The van der Waals surface area contributed by atoms with Crippen molar-refractivity contribution < 1.29 is 33.4 Å². The van der Waals surface area contributed by atoms with Gasteiger partial charge in [0.1, 0.15) is 17.1 Å². The number of hydrogen-bond donors (Lipinski definition) is 1. The molecule has 1 aliphatic carbocycles. The topological polar surface area (TPSA) is 115 Å². The summed E-state index contributed by atoms with van der Waals surface area (Å²) in [6, 6.07) is 6.59. The lowest BCUT2D eigenvalue weighted by molar-refractivity contribution is -0.134. The van der Waals surface area contributed by atoms with Gasteiger partial charge in [0.25, 0.3) is 0 Å². The maximum absolute atomic E-state index is 13.8. The summed E-state index contributed by atoms with van der Waals surface area (Å²) in [4.78, 5) is 55.2. The number of rotatable bonds is 16. The zero-order valence-electron chi connectivity index (χ0n) is 24.8. The van der Waals surface area contributed by atoms with Crippen LogP contribution in [0.5, 0.6) is 5.75 Å². The molecule has 4 atom stereocenters. The predicted octanol–water partition coefficient (Wildman–Crippen LogP) is 3.16. The molecule has 41 heavy (non-hydrogen) atoms. The van der Waals surface area contributed by atoms with Crippen molar-refractivity contribution in [2.75, 3.05) is 46.6 Å². The number of nitrogens with one attached hydrogen (secondary N) is 1. The molecule has 0 radical (unpaired) electrons. The zero-order chi connectivity index (χ0) is 29.4. The minimum Gasteiger partial charge on any atom is -0.497 e. The highest BCUT2D eigenvalue weighted by molar-refractivity contribution is 5.97. The fourth-order valence-corrected chi connectivity index (χ4v) is 6.06. The van der Waals surface area contributed by atoms with Crippen LogP contribution in [0, 0.1) is 17.8 Å². The predicted molar refractivity (Wildman–Crippen MR) is 154 cm³/mol. The van der Waals surface area contributed by atoms with Crippen molar-refractivity contribution in [2.45, 2.75) is 76.9 Å². The van der Waals surface area contributed by atoms with Crippen LogP contribution in [0.15, 0.2) is 24.3 Å². The Kier molecular flexibility index (Phi) is 11.1. The van der Waals surface area contributed by atoms with Crippen molar-refractivity contribution in [1.29, 1.82) is 0 Å². The summed E-state index contributed by atoms with van der Waals surface area (Å²) in [5, 5.41) is 2.95. The van der Waals surface area contributed by atoms with Crippen molar-refractivity contribution in [2.24, 2.45) is 17.8 Å². The van der Waals surface area contributed by atoms with E-state index in [0.717, 1.165) is 31.2 Å². The molecule has 2 heterocycles. The zero-order valence-corrected chi connectivity index (χ0v) is 24.8. The van der Waals surface area contributed by atoms with Crippen LogP contribution >= 0.6 is 0 Å². The first-order chi connectivity index (χ1) is 19.7. The van der Waals surface area contributed by atoms with Crippen molar-refractivity contribution in [3.05, 3.63) is 29.8 Å². The number of epoxide rings is 1. The van der Waals surface area contributed by atoms with E-state index in [4.69, 9.17) is 14.2 Å². The van der Waals surface area contributed by atoms with Crippen LogP contribution < -0.4 is 10.1 Å². The van der Waals surface area contributed by atoms with Gasteiger partial charge in [-0.25, -0.2) is 0 Å². The molecule has 1 aromatic rings. The number of Topliss-reactive ketones (excluding diaryl/α,β-unsaturated/α-hetero) is 3. The van der Waals surface area contributed by atoms with Crippen molar-refractivity contribution in [3.8, 4) is 5.75 Å². The molecular weight excluding hydrogens is 524 g/mol. The summed E-state index contributed by atoms with van der Waals surface area (Å²) in [5.74, 6) is -0.378. The van der Waals surface area contributed by atoms with E-state index in [0.29, 0.717) is 64.0 Å². The molecule has 1 saturated carbocycles. The summed E-state index contributed by atoms with van der Waals surface area (Å²) in [5.41, 5.74) is 0.0739. The number of nitrogens with zero attached hydrogens (tertiary/aromatic N) is 1. The van der Waals surface area contributed by atoms with Crippen LogP contribution in [-0.4, -0.2) is 86.4 Å². The molecule has 1 amide bonds. The third-order valence-electron chi connectivity index (χ3n) is 8.80. The smallest absolute Gasteiger partial charge is 0.223 e. The maximum Gasteiger partial charge on any atom is 0.223 e. The van der Waals surface area contributed by atoms with E-state index in [2.05, 4.69) is 5.32 Å². The Balaban J connectivity index is 1.43. The normalized spacial score (nSPS) is 23.4. The number of ketones is 3. The van der Waals surface area contributed by atoms with Gasteiger partial charge in [0, 0.05) is 37.8 Å². The monoisotopic (exact) mass is 570 g/mol. The molecule has 0 aromatic heterocycles. The first kappa shape index (κ1) is 31.3. The van der Waals surface area contributed by atoms with E-state index in [1.165, 1.54) is 0 Å². The molecule has 4 unspecified atom stereocenters. The summed E-state index contributed by atoms with van der Waals surface area (Å²) >= 11 is 0. The van der Waals surface area contributed by atoms with Gasteiger partial charge in [-0.05, 0) is 43.4 Å². The average Bonchev–Trinajstić information content (AvgIpc) is 3.51. The van der Waals surface area contributed by atoms with Gasteiger partial charge in [0.2, 0.25) is 5.91 Å². The maximum atomic E-state index is 13.8. The standard InChI is InChI=1S/C32H46N2O7/c1-22(16-26(35)20-34-12-14-40-15-13-34)31(38)33-28(18-24-8-10-27(39-3)11-9-24)29(36)19-25(17-23-6-4-5-7-23)30(37)32(2)21-41-32/h8-11,22-23,25,28H,4-7,12-21H2,1-3H3,(H,33,38). The number of carbonyl (C=O) groups excluding carboxylic acids is 4. The molecule has 4 rings (SSSR count). The van der Waals surface area contributed by atoms with Gasteiger partial charge in [0.15, 0.2) is 11.6 Å². The average molecular weight is 571 g/mol. The van der Waals surface area contributed by atoms with Crippen LogP contribution in [0.2, 0.25) is 0 Å². The Morgan fingerprint density at radius 1 is 1.07 bits per heavy atom. The second-order valence-corrected chi connectivity index (χ2v) is 12.3. The minimum absolute atomic E-state index is 0.00523. The summed E-state index contributed by atoms with van der Waals surface area (Å²) in [7, 11) is 1.59. The van der Waals surface area contributed by atoms with Gasteiger partial charge in [-0.15, -0.1) is 0 Å². The third kappa shape index (κ3) is 9.18. The number of ether oxygens (including phenoxy) is 3. The van der Waals surface area contributed by atoms with Crippen molar-refractivity contribution >= 4 is 23.3 Å². The molecule has 3 aliphatic rings. The fourth-order valence-electron chi connectivity index (χ4n) is 6.06. The molecule has 1 N–H and O–H groups in total. The van der Waals surface area contributed by atoms with Crippen LogP contribution in [0.3, 0.4) is 0 Å². The molecule has 9 heteroatoms. The van der Waals surface area contributed by atoms with E-state index in [9.17, 15) is 19.2 Å². The number of amides is 1. The lowest BCUT2D eigenvalue weighted by atomic mass is 9.81. The second kappa shape index (κ2) is 14.5. The van der Waals surface area contributed by atoms with E-state index in [1.54, 1.807) is 21.0 Å². The Morgan fingerprint density at radius 2 is 1.73 bits per heavy atom. The number of carbonyl (C=O) groups is 4. The summed E-state index contributed by atoms with van der Waals surface area (Å²) < 4.78 is 16.1. The molecule has 226 valence electrons. The first-order valence-electron chi connectivity index (χ1n) is 15.1. The SMILES string of the molecule is COc1ccc(CC(NC(=O)C(C)CC(=O)CN2CCOCC2)C(=O)CC(CC2CCCC2)C(=O)C2(C)CO2)cc1. The third-order valence-corrected chi connectivity index (χ3v) is 8.80. The van der Waals surface area contributed by atoms with Gasteiger partial charge in [-0.2, -0.15) is 0 Å². The lowest BCUT2D eigenvalue weighted by Gasteiger charge is -2.26. The van der Waals surface area contributed by atoms with E-state index >= 15 is 0 Å². The largest absolute Gasteiger partial charge is 0.497 e. The molecule has 2 saturated heterocycles. The summed E-state index contributed by atoms with van der Waals surface area (Å²) in [6.45, 7) is 6.82. The molecule has 1 aromatic carbocycles. The Bertz CT molecular complexity index is 1060. The molecule has 0 bridgehead atoms. The van der Waals surface area contributed by atoms with E-state index < -0.39 is 23.5 Å². The van der Waals surface area contributed by atoms with Gasteiger partial charge in [0.05, 0.1) is 39.5 Å². The van der Waals surface area contributed by atoms with Crippen molar-refractivity contribution in [1.82, 2.24) is 10.2 Å². The van der Waals surface area contributed by atoms with Gasteiger partial charge in [-0.1, -0.05) is 44.7 Å². The van der Waals surface area contributed by atoms with Crippen LogP contribution in [-0.2, 0) is 35.1 Å². The highest BCUT2D eigenvalue weighted by atomic mass is 16.6. The molecular formula is C32H46N2O7. The van der Waals surface area contributed by atoms with E-state index in [1.807, 2.05) is 29.2 Å². The van der Waals surface area contributed by atoms with Crippen molar-refractivity contribution in [3.63, 3.8) is 0 Å².